The predicted octanol–water partition coefficient (Wildman–Crippen LogP) is 1.67. The van der Waals surface area contributed by atoms with Crippen LogP contribution in [-0.4, -0.2) is 15.0 Å². The molecule has 0 aliphatic carbocycles. The number of aryl methyl sites for hydroxylation is 1. The lowest BCUT2D eigenvalue weighted by molar-refractivity contribution is -0.663. The van der Waals surface area contributed by atoms with Gasteiger partial charge in [0.2, 0.25) is 5.52 Å². The largest absolute Gasteiger partial charge is 0.261 e. The Kier molecular flexibility index (Phi) is 2.68. The molecule has 2 aromatic heterocycles. The van der Waals surface area contributed by atoms with Crippen LogP contribution >= 0.6 is 0 Å². The van der Waals surface area contributed by atoms with Crippen LogP contribution in [0.3, 0.4) is 0 Å². The summed E-state index contributed by atoms with van der Waals surface area (Å²) in [6.45, 7) is 2.71. The molecule has 1 aromatic carbocycles. The first-order chi connectivity index (χ1) is 8.83. The van der Waals surface area contributed by atoms with Crippen molar-refractivity contribution >= 4 is 11.0 Å². The minimum atomic E-state index is 0.706. The van der Waals surface area contributed by atoms with Crippen molar-refractivity contribution < 1.29 is 4.57 Å². The summed E-state index contributed by atoms with van der Waals surface area (Å²) in [7, 11) is 0. The Bertz CT molecular complexity index is 680. The molecule has 0 spiro atoms. The molecule has 0 atom stereocenters. The molecule has 0 N–H and O–H groups in total. The van der Waals surface area contributed by atoms with E-state index < -0.39 is 0 Å². The third-order valence-electron chi connectivity index (χ3n) is 2.78. The molecule has 0 unspecified atom stereocenters. The van der Waals surface area contributed by atoms with Gasteiger partial charge in [0, 0.05) is 18.5 Å². The summed E-state index contributed by atoms with van der Waals surface area (Å²) in [6.07, 6.45) is 7.23. The highest BCUT2D eigenvalue weighted by atomic mass is 15.0. The summed E-state index contributed by atoms with van der Waals surface area (Å²) >= 11 is 0. The molecule has 18 heavy (non-hydrogen) atoms. The average molecular weight is 237 g/mol. The number of para-hydroxylation sites is 2. The van der Waals surface area contributed by atoms with Gasteiger partial charge in [0.25, 0.3) is 0 Å². The van der Waals surface area contributed by atoms with E-state index in [0.717, 1.165) is 22.4 Å². The Hall–Kier alpha value is -2.36. The summed E-state index contributed by atoms with van der Waals surface area (Å²) in [6, 6.07) is 8.11. The van der Waals surface area contributed by atoms with Crippen molar-refractivity contribution in [2.75, 3.05) is 0 Å². The number of aromatic nitrogens is 4. The molecule has 4 nitrogen and oxygen atoms in total. The van der Waals surface area contributed by atoms with E-state index in [2.05, 4.69) is 25.6 Å². The highest BCUT2D eigenvalue weighted by Gasteiger charge is 2.12. The fraction of sp³-hybridized carbons (Fsp3) is 0.143. The zero-order valence-corrected chi connectivity index (χ0v) is 10.1. The molecule has 0 bridgehead atoms. The van der Waals surface area contributed by atoms with Crippen LogP contribution in [0.5, 0.6) is 0 Å². The lowest BCUT2D eigenvalue weighted by Gasteiger charge is -2.01. The van der Waals surface area contributed by atoms with Gasteiger partial charge in [-0.3, -0.25) is 9.97 Å². The van der Waals surface area contributed by atoms with Gasteiger partial charge in [0.15, 0.2) is 12.7 Å². The summed E-state index contributed by atoms with van der Waals surface area (Å²) in [4.78, 5) is 12.9. The molecule has 0 fully saturated rings. The van der Waals surface area contributed by atoms with E-state index in [-0.39, 0.29) is 0 Å². The van der Waals surface area contributed by atoms with Gasteiger partial charge in [0.05, 0.1) is 6.20 Å². The highest BCUT2D eigenvalue weighted by Crippen LogP contribution is 2.07. The monoisotopic (exact) mass is 237 g/mol. The van der Waals surface area contributed by atoms with E-state index in [4.69, 9.17) is 0 Å². The van der Waals surface area contributed by atoms with Crippen molar-refractivity contribution in [1.82, 2.24) is 15.0 Å². The lowest BCUT2D eigenvalue weighted by atomic mass is 10.2. The second kappa shape index (κ2) is 4.49. The van der Waals surface area contributed by atoms with Crippen LogP contribution in [0.25, 0.3) is 11.0 Å². The fourth-order valence-electron chi connectivity index (χ4n) is 2.03. The van der Waals surface area contributed by atoms with Gasteiger partial charge in [-0.15, -0.1) is 0 Å². The molecule has 3 rings (SSSR count). The molecule has 88 valence electrons. The summed E-state index contributed by atoms with van der Waals surface area (Å²) < 4.78 is 2.15. The Morgan fingerprint density at radius 2 is 2.06 bits per heavy atom. The van der Waals surface area contributed by atoms with Gasteiger partial charge in [-0.1, -0.05) is 12.1 Å². The second-order valence-electron chi connectivity index (χ2n) is 4.20. The number of nitrogens with zero attached hydrogens (tertiary/aromatic N) is 4. The van der Waals surface area contributed by atoms with Gasteiger partial charge < -0.3 is 0 Å². The van der Waals surface area contributed by atoms with E-state index in [1.807, 2.05) is 31.3 Å². The van der Waals surface area contributed by atoms with E-state index in [9.17, 15) is 0 Å². The van der Waals surface area contributed by atoms with Gasteiger partial charge in [-0.25, -0.2) is 4.98 Å². The van der Waals surface area contributed by atoms with Gasteiger partial charge >= 0.3 is 0 Å². The molecule has 2 heterocycles. The Balaban J connectivity index is 2.11. The Labute approximate surface area is 105 Å². The maximum absolute atomic E-state index is 4.52. The molecule has 4 heteroatoms. The number of rotatable bonds is 2. The molecule has 0 amide bonds. The minimum Gasteiger partial charge on any atom is -0.261 e. The quantitative estimate of drug-likeness (QED) is 0.637. The third kappa shape index (κ3) is 2.05. The van der Waals surface area contributed by atoms with Crippen LogP contribution in [0.1, 0.15) is 11.4 Å². The van der Waals surface area contributed by atoms with E-state index >= 15 is 0 Å². The average Bonchev–Trinajstić information content (AvgIpc) is 2.40. The Morgan fingerprint density at radius 3 is 2.89 bits per heavy atom. The lowest BCUT2D eigenvalue weighted by Crippen LogP contribution is -2.36. The highest BCUT2D eigenvalue weighted by molar-refractivity contribution is 5.70. The molecular weight excluding hydrogens is 224 g/mol. The molecule has 0 aliphatic rings. The van der Waals surface area contributed by atoms with Crippen molar-refractivity contribution in [3.05, 3.63) is 60.4 Å². The maximum Gasteiger partial charge on any atom is 0.231 e. The number of benzene rings is 1. The first-order valence-corrected chi connectivity index (χ1v) is 5.84. The summed E-state index contributed by atoms with van der Waals surface area (Å²) in [5.41, 5.74) is 4.05. The van der Waals surface area contributed by atoms with Crippen molar-refractivity contribution in [2.24, 2.45) is 0 Å². The van der Waals surface area contributed by atoms with Crippen molar-refractivity contribution in [2.45, 2.75) is 13.5 Å². The molecule has 0 aliphatic heterocycles. The van der Waals surface area contributed by atoms with Crippen molar-refractivity contribution in [1.29, 1.82) is 0 Å². The fourth-order valence-corrected chi connectivity index (χ4v) is 2.03. The summed E-state index contributed by atoms with van der Waals surface area (Å²) in [5, 5.41) is 0. The van der Waals surface area contributed by atoms with Crippen LogP contribution in [0, 0.1) is 6.92 Å². The number of fused-ring (bicyclic) bond motifs is 1. The predicted molar refractivity (Wildman–Crippen MR) is 67.8 cm³/mol. The van der Waals surface area contributed by atoms with E-state index in [1.165, 1.54) is 0 Å². The van der Waals surface area contributed by atoms with Crippen LogP contribution < -0.4 is 4.57 Å². The zero-order valence-electron chi connectivity index (χ0n) is 10.1. The number of hydrogen-bond acceptors (Lipinski definition) is 3. The number of hydrogen-bond donors (Lipinski definition) is 0. The molecule has 0 radical (unpaired) electrons. The zero-order chi connectivity index (χ0) is 12.4. The smallest absolute Gasteiger partial charge is 0.231 e. The van der Waals surface area contributed by atoms with Gasteiger partial charge in [-0.05, 0) is 13.0 Å². The van der Waals surface area contributed by atoms with Gasteiger partial charge in [-0.2, -0.15) is 4.57 Å². The van der Waals surface area contributed by atoms with Crippen molar-refractivity contribution in [3.63, 3.8) is 0 Å². The van der Waals surface area contributed by atoms with Crippen LogP contribution in [0.4, 0.5) is 0 Å². The first kappa shape index (κ1) is 10.8. The van der Waals surface area contributed by atoms with Crippen LogP contribution in [0.2, 0.25) is 0 Å². The molecule has 0 saturated heterocycles. The molecule has 0 saturated carbocycles. The van der Waals surface area contributed by atoms with E-state index in [0.29, 0.717) is 6.54 Å². The normalized spacial score (nSPS) is 10.7. The van der Waals surface area contributed by atoms with E-state index in [1.54, 1.807) is 18.6 Å². The van der Waals surface area contributed by atoms with Crippen LogP contribution in [-0.2, 0) is 6.54 Å². The maximum atomic E-state index is 4.52. The summed E-state index contributed by atoms with van der Waals surface area (Å²) in [5.74, 6) is 0. The first-order valence-electron chi connectivity index (χ1n) is 5.84. The minimum absolute atomic E-state index is 0.706. The third-order valence-corrected chi connectivity index (χ3v) is 2.78. The van der Waals surface area contributed by atoms with Crippen LogP contribution in [0.15, 0.2) is 49.1 Å². The van der Waals surface area contributed by atoms with Crippen molar-refractivity contribution in [3.8, 4) is 0 Å². The SMILES string of the molecule is Cc1c[n+](Cc2cnccn2)c2ccccc2n1. The second-order valence-corrected chi connectivity index (χ2v) is 4.20. The molecular formula is C14H13N4+. The topological polar surface area (TPSA) is 42.5 Å². The van der Waals surface area contributed by atoms with Gasteiger partial charge in [0.1, 0.15) is 16.9 Å². The Morgan fingerprint density at radius 1 is 1.17 bits per heavy atom. The standard InChI is InChI=1S/C14H13N4/c1-11-9-18(10-12-8-15-6-7-16-12)14-5-3-2-4-13(14)17-11/h2-9H,10H2,1H3/q+1. The molecule has 3 aromatic rings.